The molecule has 0 bridgehead atoms. The Morgan fingerprint density at radius 1 is 1.05 bits per heavy atom. The van der Waals surface area contributed by atoms with E-state index in [1.165, 1.54) is 11.6 Å². The van der Waals surface area contributed by atoms with E-state index in [9.17, 15) is 9.59 Å². The van der Waals surface area contributed by atoms with Gasteiger partial charge >= 0.3 is 5.97 Å². The van der Waals surface area contributed by atoms with Gasteiger partial charge in [-0.1, -0.05) is 38.1 Å². The Morgan fingerprint density at radius 3 is 2.27 bits per heavy atom. The smallest absolute Gasteiger partial charge is 0.337 e. The highest BCUT2D eigenvalue weighted by Gasteiger charge is 2.12. The minimum atomic E-state index is -1.07. The first-order valence-electron chi connectivity index (χ1n) is 7.20. The summed E-state index contributed by atoms with van der Waals surface area (Å²) in [5.41, 5.74) is 2.06. The number of amides is 1. The molecule has 1 amide bonds. The van der Waals surface area contributed by atoms with Gasteiger partial charge in [-0.3, -0.25) is 4.79 Å². The third-order valence-corrected chi connectivity index (χ3v) is 3.27. The largest absolute Gasteiger partial charge is 0.478 e. The van der Waals surface area contributed by atoms with E-state index in [-0.39, 0.29) is 11.5 Å². The topological polar surface area (TPSA) is 66.4 Å². The summed E-state index contributed by atoms with van der Waals surface area (Å²) < 4.78 is 0. The van der Waals surface area contributed by atoms with E-state index >= 15 is 0 Å². The van der Waals surface area contributed by atoms with Crippen molar-refractivity contribution in [1.82, 2.24) is 0 Å². The number of nitrogens with one attached hydrogen (secondary N) is 1. The van der Waals surface area contributed by atoms with Gasteiger partial charge in [0.05, 0.1) is 11.3 Å². The van der Waals surface area contributed by atoms with Gasteiger partial charge in [0, 0.05) is 5.56 Å². The van der Waals surface area contributed by atoms with Crippen LogP contribution in [-0.2, 0) is 6.42 Å². The summed E-state index contributed by atoms with van der Waals surface area (Å²) in [6.07, 6.45) is 0.962. The van der Waals surface area contributed by atoms with E-state index in [2.05, 4.69) is 19.2 Å². The van der Waals surface area contributed by atoms with Crippen LogP contribution in [-0.4, -0.2) is 17.0 Å². The molecule has 0 aliphatic heterocycles. The lowest BCUT2D eigenvalue weighted by Gasteiger charge is -2.09. The van der Waals surface area contributed by atoms with Gasteiger partial charge in [0.1, 0.15) is 0 Å². The number of carbonyl (C=O) groups is 2. The number of carboxylic acid groups (broad SMARTS) is 1. The molecule has 4 heteroatoms. The van der Waals surface area contributed by atoms with Gasteiger partial charge in [-0.25, -0.2) is 4.79 Å². The van der Waals surface area contributed by atoms with Gasteiger partial charge in [-0.2, -0.15) is 0 Å². The minimum Gasteiger partial charge on any atom is -0.478 e. The van der Waals surface area contributed by atoms with Crippen LogP contribution >= 0.6 is 0 Å². The highest BCUT2D eigenvalue weighted by molar-refractivity contribution is 6.07. The van der Waals surface area contributed by atoms with Crippen LogP contribution in [0, 0.1) is 5.92 Å². The van der Waals surface area contributed by atoms with Crippen LogP contribution < -0.4 is 5.32 Å². The molecule has 4 nitrogen and oxygen atoms in total. The van der Waals surface area contributed by atoms with Crippen LogP contribution in [0.3, 0.4) is 0 Å². The van der Waals surface area contributed by atoms with Crippen LogP contribution in [0.4, 0.5) is 5.69 Å². The second-order valence-corrected chi connectivity index (χ2v) is 5.60. The minimum absolute atomic E-state index is 0.0762. The second kappa shape index (κ2) is 6.89. The molecular formula is C18H19NO3. The molecule has 114 valence electrons. The normalized spacial score (nSPS) is 10.5. The quantitative estimate of drug-likeness (QED) is 0.881. The number of carbonyl (C=O) groups excluding carboxylic acids is 1. The molecule has 0 aliphatic rings. The standard InChI is InChI=1S/C18H19NO3/c1-12(2)11-13-7-9-14(10-8-13)17(20)19-16-6-4-3-5-15(16)18(21)22/h3-10,12H,11H2,1-2H3,(H,19,20)(H,21,22). The lowest BCUT2D eigenvalue weighted by molar-refractivity contribution is 0.0698. The molecule has 2 aromatic rings. The van der Waals surface area contributed by atoms with E-state index in [0.29, 0.717) is 17.2 Å². The van der Waals surface area contributed by atoms with Crippen molar-refractivity contribution in [3.05, 3.63) is 65.2 Å². The lowest BCUT2D eigenvalue weighted by atomic mass is 10.0. The maximum Gasteiger partial charge on any atom is 0.337 e. The first kappa shape index (κ1) is 15.8. The predicted molar refractivity (Wildman–Crippen MR) is 86.3 cm³/mol. The third-order valence-electron chi connectivity index (χ3n) is 3.27. The van der Waals surface area contributed by atoms with E-state index in [4.69, 9.17) is 5.11 Å². The molecule has 0 saturated heterocycles. The van der Waals surface area contributed by atoms with Crippen LogP contribution in [0.1, 0.15) is 40.1 Å². The maximum atomic E-state index is 12.2. The van der Waals surface area contributed by atoms with Crippen LogP contribution in [0.25, 0.3) is 0 Å². The second-order valence-electron chi connectivity index (χ2n) is 5.60. The average Bonchev–Trinajstić information content (AvgIpc) is 2.47. The van der Waals surface area contributed by atoms with Crippen molar-refractivity contribution in [2.24, 2.45) is 5.92 Å². The Hall–Kier alpha value is -2.62. The Kier molecular flexibility index (Phi) is 4.94. The fourth-order valence-corrected chi connectivity index (χ4v) is 2.24. The zero-order chi connectivity index (χ0) is 16.1. The number of hydrogen-bond acceptors (Lipinski definition) is 2. The van der Waals surface area contributed by atoms with Crippen molar-refractivity contribution in [3.63, 3.8) is 0 Å². The van der Waals surface area contributed by atoms with Gasteiger partial charge in [-0.05, 0) is 42.2 Å². The van der Waals surface area contributed by atoms with Crippen LogP contribution in [0.2, 0.25) is 0 Å². The zero-order valence-corrected chi connectivity index (χ0v) is 12.7. The fraction of sp³-hybridized carbons (Fsp3) is 0.222. The van der Waals surface area contributed by atoms with Crippen LogP contribution in [0.15, 0.2) is 48.5 Å². The molecule has 0 spiro atoms. The molecule has 0 heterocycles. The molecule has 0 aromatic heterocycles. The number of carboxylic acids is 1. The summed E-state index contributed by atoms with van der Waals surface area (Å²) in [5.74, 6) is -0.824. The van der Waals surface area contributed by atoms with Gasteiger partial charge in [-0.15, -0.1) is 0 Å². The lowest BCUT2D eigenvalue weighted by Crippen LogP contribution is -2.14. The molecular weight excluding hydrogens is 278 g/mol. The Morgan fingerprint density at radius 2 is 1.68 bits per heavy atom. The van der Waals surface area contributed by atoms with Crippen molar-refractivity contribution < 1.29 is 14.7 Å². The monoisotopic (exact) mass is 297 g/mol. The first-order chi connectivity index (χ1) is 10.5. The summed E-state index contributed by atoms with van der Waals surface area (Å²) in [7, 11) is 0. The van der Waals surface area contributed by atoms with Crippen molar-refractivity contribution in [2.75, 3.05) is 5.32 Å². The molecule has 0 unspecified atom stereocenters. The Bertz CT molecular complexity index is 675. The number of rotatable bonds is 5. The Balaban J connectivity index is 2.14. The average molecular weight is 297 g/mol. The van der Waals surface area contributed by atoms with Crippen molar-refractivity contribution in [1.29, 1.82) is 0 Å². The zero-order valence-electron chi connectivity index (χ0n) is 12.7. The first-order valence-corrected chi connectivity index (χ1v) is 7.20. The predicted octanol–water partition coefficient (Wildman–Crippen LogP) is 3.84. The molecule has 2 rings (SSSR count). The van der Waals surface area contributed by atoms with Crippen molar-refractivity contribution in [2.45, 2.75) is 20.3 Å². The molecule has 0 radical (unpaired) electrons. The number of para-hydroxylation sites is 1. The highest BCUT2D eigenvalue weighted by atomic mass is 16.4. The molecule has 0 aliphatic carbocycles. The molecule has 0 saturated carbocycles. The number of benzene rings is 2. The summed E-state index contributed by atoms with van der Waals surface area (Å²) in [6, 6.07) is 13.7. The summed E-state index contributed by atoms with van der Waals surface area (Å²) in [6.45, 7) is 4.28. The van der Waals surface area contributed by atoms with E-state index in [1.54, 1.807) is 30.3 Å². The van der Waals surface area contributed by atoms with Gasteiger partial charge < -0.3 is 10.4 Å². The molecule has 0 atom stereocenters. The number of aromatic carboxylic acids is 1. The Labute approximate surface area is 129 Å². The molecule has 22 heavy (non-hydrogen) atoms. The molecule has 0 fully saturated rings. The summed E-state index contributed by atoms with van der Waals surface area (Å²) in [4.78, 5) is 23.4. The third kappa shape index (κ3) is 3.95. The van der Waals surface area contributed by atoms with Gasteiger partial charge in [0.15, 0.2) is 0 Å². The highest BCUT2D eigenvalue weighted by Crippen LogP contribution is 2.17. The molecule has 2 N–H and O–H groups in total. The van der Waals surface area contributed by atoms with E-state index in [1.807, 2.05) is 12.1 Å². The summed E-state index contributed by atoms with van der Waals surface area (Å²) >= 11 is 0. The van der Waals surface area contributed by atoms with Crippen LogP contribution in [0.5, 0.6) is 0 Å². The summed E-state index contributed by atoms with van der Waals surface area (Å²) in [5, 5.41) is 11.8. The molecule has 2 aromatic carbocycles. The van der Waals surface area contributed by atoms with E-state index in [0.717, 1.165) is 6.42 Å². The number of anilines is 1. The fourth-order valence-electron chi connectivity index (χ4n) is 2.24. The van der Waals surface area contributed by atoms with E-state index < -0.39 is 5.97 Å². The van der Waals surface area contributed by atoms with Gasteiger partial charge in [0.2, 0.25) is 0 Å². The van der Waals surface area contributed by atoms with Gasteiger partial charge in [0.25, 0.3) is 5.91 Å². The SMILES string of the molecule is CC(C)Cc1ccc(C(=O)Nc2ccccc2C(=O)O)cc1. The van der Waals surface area contributed by atoms with Crippen molar-refractivity contribution >= 4 is 17.6 Å². The maximum absolute atomic E-state index is 12.2. The van der Waals surface area contributed by atoms with Crippen molar-refractivity contribution in [3.8, 4) is 0 Å². The number of hydrogen-bond donors (Lipinski definition) is 2.